The lowest BCUT2D eigenvalue weighted by Gasteiger charge is -2.37. The Bertz CT molecular complexity index is 396. The van der Waals surface area contributed by atoms with Gasteiger partial charge in [-0.15, -0.1) is 0 Å². The number of hydrogen-bond donors (Lipinski definition) is 1. The molecule has 1 aromatic rings. The molecule has 0 aliphatic carbocycles. The Kier molecular flexibility index (Phi) is 2.94. The van der Waals surface area contributed by atoms with Crippen LogP contribution < -0.4 is 5.32 Å². The first-order valence-corrected chi connectivity index (χ1v) is 6.03. The maximum atomic E-state index is 3.63. The van der Waals surface area contributed by atoms with Gasteiger partial charge in [0, 0.05) is 17.8 Å². The van der Waals surface area contributed by atoms with Crippen molar-refractivity contribution in [1.29, 1.82) is 0 Å². The number of rotatable bonds is 1. The second-order valence-corrected chi connectivity index (χ2v) is 5.25. The van der Waals surface area contributed by atoms with Gasteiger partial charge in [0.1, 0.15) is 0 Å². The molecular weight excluding hydrogens is 196 g/mol. The summed E-state index contributed by atoms with van der Waals surface area (Å²) in [5.41, 5.74) is 5.61. The Morgan fingerprint density at radius 2 is 1.81 bits per heavy atom. The molecule has 16 heavy (non-hydrogen) atoms. The molecule has 0 amide bonds. The van der Waals surface area contributed by atoms with Crippen LogP contribution in [0.5, 0.6) is 0 Å². The molecule has 0 radical (unpaired) electrons. The van der Waals surface area contributed by atoms with Gasteiger partial charge in [-0.05, 0) is 58.0 Å². The van der Waals surface area contributed by atoms with E-state index in [1.165, 1.54) is 28.8 Å². The van der Waals surface area contributed by atoms with E-state index in [4.69, 9.17) is 0 Å². The Hall–Kier alpha value is -1.02. The topological polar surface area (TPSA) is 15.3 Å². The van der Waals surface area contributed by atoms with Crippen LogP contribution in [0.3, 0.4) is 0 Å². The second-order valence-electron chi connectivity index (χ2n) is 5.25. The normalized spacial score (nSPS) is 24.1. The molecule has 1 aromatic carbocycles. The molecule has 1 aliphatic rings. The Morgan fingerprint density at radius 3 is 2.44 bits per heavy atom. The highest BCUT2D eigenvalue weighted by Gasteiger charge is 2.27. The van der Waals surface area contributed by atoms with Crippen LogP contribution in [0.25, 0.3) is 0 Å². The van der Waals surface area contributed by atoms with Crippen molar-refractivity contribution >= 4 is 5.69 Å². The number of benzene rings is 1. The van der Waals surface area contributed by atoms with Crippen LogP contribution >= 0.6 is 0 Å². The number of aryl methyl sites for hydroxylation is 2. The van der Waals surface area contributed by atoms with Gasteiger partial charge in [-0.25, -0.2) is 0 Å². The first kappa shape index (κ1) is 11.5. The fourth-order valence-electron chi connectivity index (χ4n) is 2.68. The minimum atomic E-state index is 0.547. The van der Waals surface area contributed by atoms with Gasteiger partial charge < -0.3 is 10.2 Å². The molecule has 1 heterocycles. The smallest absolute Gasteiger partial charge is 0.0423 e. The molecule has 2 atom stereocenters. The van der Waals surface area contributed by atoms with E-state index in [9.17, 15) is 0 Å². The number of nitrogens with zero attached hydrogens (tertiary/aromatic N) is 1. The summed E-state index contributed by atoms with van der Waals surface area (Å²) in [5, 5.41) is 3.63. The van der Waals surface area contributed by atoms with Gasteiger partial charge in [0.15, 0.2) is 0 Å². The third-order valence-corrected chi connectivity index (χ3v) is 3.60. The summed E-state index contributed by atoms with van der Waals surface area (Å²) in [6.07, 6.45) is 1.18. The van der Waals surface area contributed by atoms with Crippen LogP contribution in [0, 0.1) is 13.8 Å². The van der Waals surface area contributed by atoms with Gasteiger partial charge in [0.25, 0.3) is 0 Å². The zero-order valence-corrected chi connectivity index (χ0v) is 11.0. The van der Waals surface area contributed by atoms with Crippen molar-refractivity contribution in [2.75, 3.05) is 19.4 Å². The van der Waals surface area contributed by atoms with Crippen molar-refractivity contribution in [1.82, 2.24) is 4.90 Å². The maximum Gasteiger partial charge on any atom is 0.0423 e. The maximum absolute atomic E-state index is 3.63. The minimum Gasteiger partial charge on any atom is -0.382 e. The molecule has 2 unspecified atom stereocenters. The first-order valence-electron chi connectivity index (χ1n) is 6.03. The molecule has 0 aromatic heterocycles. The third-order valence-electron chi connectivity index (χ3n) is 3.60. The third kappa shape index (κ3) is 1.82. The Balaban J connectivity index is 2.56. The molecule has 0 spiro atoms. The predicted octanol–water partition coefficient (Wildman–Crippen LogP) is 3.11. The van der Waals surface area contributed by atoms with Crippen LogP contribution in [0.15, 0.2) is 12.1 Å². The molecule has 0 saturated heterocycles. The SMILES string of the molecule is Cc1ccc(C)c2c1NC(C)CC2N(C)C. The highest BCUT2D eigenvalue weighted by molar-refractivity contribution is 5.63. The van der Waals surface area contributed by atoms with Crippen molar-refractivity contribution in [2.24, 2.45) is 0 Å². The molecule has 0 fully saturated rings. The van der Waals surface area contributed by atoms with E-state index in [0.717, 1.165) is 0 Å². The average molecular weight is 218 g/mol. The summed E-state index contributed by atoms with van der Waals surface area (Å²) in [6.45, 7) is 6.67. The molecule has 0 saturated carbocycles. The van der Waals surface area contributed by atoms with Crippen molar-refractivity contribution in [3.05, 3.63) is 28.8 Å². The lowest BCUT2D eigenvalue weighted by molar-refractivity contribution is 0.269. The second kappa shape index (κ2) is 4.10. The zero-order chi connectivity index (χ0) is 11.9. The number of hydrogen-bond acceptors (Lipinski definition) is 2. The lowest BCUT2D eigenvalue weighted by atomic mass is 9.88. The van der Waals surface area contributed by atoms with Gasteiger partial charge in [0.05, 0.1) is 0 Å². The molecule has 2 heteroatoms. The molecular formula is C14H22N2. The van der Waals surface area contributed by atoms with Crippen molar-refractivity contribution in [3.63, 3.8) is 0 Å². The van der Waals surface area contributed by atoms with Gasteiger partial charge in [-0.3, -0.25) is 0 Å². The quantitative estimate of drug-likeness (QED) is 0.779. The largest absolute Gasteiger partial charge is 0.382 e. The van der Waals surface area contributed by atoms with Crippen molar-refractivity contribution < 1.29 is 0 Å². The molecule has 0 bridgehead atoms. The summed E-state index contributed by atoms with van der Waals surface area (Å²) in [6, 6.07) is 5.56. The average Bonchev–Trinajstić information content (AvgIpc) is 2.22. The summed E-state index contributed by atoms with van der Waals surface area (Å²) in [4.78, 5) is 2.34. The fraction of sp³-hybridized carbons (Fsp3) is 0.571. The van der Waals surface area contributed by atoms with Crippen LogP contribution in [0.2, 0.25) is 0 Å². The molecule has 1 N–H and O–H groups in total. The van der Waals surface area contributed by atoms with Gasteiger partial charge >= 0.3 is 0 Å². The molecule has 2 nitrogen and oxygen atoms in total. The summed E-state index contributed by atoms with van der Waals surface area (Å²) < 4.78 is 0. The van der Waals surface area contributed by atoms with E-state index < -0.39 is 0 Å². The lowest BCUT2D eigenvalue weighted by Crippen LogP contribution is -2.33. The van der Waals surface area contributed by atoms with E-state index in [0.29, 0.717) is 12.1 Å². The van der Waals surface area contributed by atoms with Gasteiger partial charge in [0.2, 0.25) is 0 Å². The summed E-state index contributed by atoms with van der Waals surface area (Å²) in [7, 11) is 4.35. The Morgan fingerprint density at radius 1 is 1.19 bits per heavy atom. The summed E-state index contributed by atoms with van der Waals surface area (Å²) >= 11 is 0. The number of anilines is 1. The standard InChI is InChI=1S/C14H22N2/c1-9-6-7-10(2)14-13(9)12(16(4)5)8-11(3)15-14/h6-7,11-12,15H,8H2,1-5H3. The molecule has 88 valence electrons. The monoisotopic (exact) mass is 218 g/mol. The Labute approximate surface area is 98.7 Å². The fourth-order valence-corrected chi connectivity index (χ4v) is 2.68. The van der Waals surface area contributed by atoms with Gasteiger partial charge in [-0.2, -0.15) is 0 Å². The predicted molar refractivity (Wildman–Crippen MR) is 70.0 cm³/mol. The van der Waals surface area contributed by atoms with Crippen LogP contribution in [-0.2, 0) is 0 Å². The van der Waals surface area contributed by atoms with Crippen molar-refractivity contribution in [2.45, 2.75) is 39.3 Å². The van der Waals surface area contributed by atoms with E-state index in [-0.39, 0.29) is 0 Å². The van der Waals surface area contributed by atoms with E-state index in [1.807, 2.05) is 0 Å². The summed E-state index contributed by atoms with van der Waals surface area (Å²) in [5.74, 6) is 0. The van der Waals surface area contributed by atoms with Gasteiger partial charge in [-0.1, -0.05) is 12.1 Å². The van der Waals surface area contributed by atoms with Crippen molar-refractivity contribution in [3.8, 4) is 0 Å². The van der Waals surface area contributed by atoms with E-state index in [1.54, 1.807) is 0 Å². The minimum absolute atomic E-state index is 0.547. The van der Waals surface area contributed by atoms with Crippen LogP contribution in [0.1, 0.15) is 36.1 Å². The van der Waals surface area contributed by atoms with Crippen LogP contribution in [0.4, 0.5) is 5.69 Å². The van der Waals surface area contributed by atoms with E-state index in [2.05, 4.69) is 57.2 Å². The van der Waals surface area contributed by atoms with Crippen LogP contribution in [-0.4, -0.2) is 25.0 Å². The number of nitrogens with one attached hydrogen (secondary N) is 1. The van der Waals surface area contributed by atoms with E-state index >= 15 is 0 Å². The molecule has 2 rings (SSSR count). The number of fused-ring (bicyclic) bond motifs is 1. The molecule has 1 aliphatic heterocycles. The highest BCUT2D eigenvalue weighted by Crippen LogP contribution is 2.39. The zero-order valence-electron chi connectivity index (χ0n) is 11.0. The highest BCUT2D eigenvalue weighted by atomic mass is 15.1. The first-order chi connectivity index (χ1) is 7.50.